The lowest BCUT2D eigenvalue weighted by Gasteiger charge is -2.07. The van der Waals surface area contributed by atoms with E-state index < -0.39 is 0 Å². The zero-order valence-corrected chi connectivity index (χ0v) is 9.73. The predicted molar refractivity (Wildman–Crippen MR) is 59.3 cm³/mol. The van der Waals surface area contributed by atoms with Crippen molar-refractivity contribution in [3.63, 3.8) is 0 Å². The van der Waals surface area contributed by atoms with Crippen molar-refractivity contribution in [1.82, 2.24) is 0 Å². The lowest BCUT2D eigenvalue weighted by atomic mass is 10.2. The summed E-state index contributed by atoms with van der Waals surface area (Å²) in [4.78, 5) is 0. The molecule has 1 nitrogen and oxygen atoms in total. The van der Waals surface area contributed by atoms with Crippen LogP contribution in [0.25, 0.3) is 0 Å². The molecule has 2 heteroatoms. The van der Waals surface area contributed by atoms with E-state index in [-0.39, 0.29) is 0 Å². The normalized spacial score (nSPS) is 10.1. The second-order valence-electron chi connectivity index (χ2n) is 3.14. The highest BCUT2D eigenvalue weighted by molar-refractivity contribution is 9.10. The first-order valence-corrected chi connectivity index (χ1v) is 5.42. The van der Waals surface area contributed by atoms with Gasteiger partial charge in [-0.05, 0) is 47.0 Å². The molecule has 0 N–H and O–H groups in total. The first-order valence-electron chi connectivity index (χ1n) is 4.63. The fourth-order valence-corrected chi connectivity index (χ4v) is 1.41. The van der Waals surface area contributed by atoms with Crippen LogP contribution in [0.3, 0.4) is 0 Å². The average molecular weight is 243 g/mol. The van der Waals surface area contributed by atoms with Crippen LogP contribution in [0.4, 0.5) is 0 Å². The van der Waals surface area contributed by atoms with E-state index in [2.05, 4.69) is 41.9 Å². The molecule has 0 unspecified atom stereocenters. The van der Waals surface area contributed by atoms with Crippen LogP contribution >= 0.6 is 15.9 Å². The third-order valence-corrected chi connectivity index (χ3v) is 2.50. The van der Waals surface area contributed by atoms with Crippen molar-refractivity contribution in [2.45, 2.75) is 26.7 Å². The lowest BCUT2D eigenvalue weighted by molar-refractivity contribution is 0.307. The number of unbranched alkanes of at least 4 members (excludes halogenated alkanes) is 1. The molecule has 0 radical (unpaired) electrons. The van der Waals surface area contributed by atoms with E-state index in [0.29, 0.717) is 0 Å². The maximum absolute atomic E-state index is 5.61. The summed E-state index contributed by atoms with van der Waals surface area (Å²) in [6, 6.07) is 6.15. The Hall–Kier alpha value is -0.500. The van der Waals surface area contributed by atoms with Crippen molar-refractivity contribution in [2.75, 3.05) is 6.61 Å². The van der Waals surface area contributed by atoms with Crippen molar-refractivity contribution < 1.29 is 4.74 Å². The first kappa shape index (κ1) is 10.6. The lowest BCUT2D eigenvalue weighted by Crippen LogP contribution is -1.97. The van der Waals surface area contributed by atoms with Gasteiger partial charge in [-0.15, -0.1) is 0 Å². The van der Waals surface area contributed by atoms with Gasteiger partial charge in [0.25, 0.3) is 0 Å². The van der Waals surface area contributed by atoms with Crippen LogP contribution in [-0.2, 0) is 0 Å². The minimum atomic E-state index is 0.804. The van der Waals surface area contributed by atoms with Gasteiger partial charge in [0, 0.05) is 0 Å². The first-order chi connectivity index (χ1) is 6.24. The fraction of sp³-hybridized carbons (Fsp3) is 0.455. The molecule has 0 saturated carbocycles. The molecule has 13 heavy (non-hydrogen) atoms. The SMILES string of the molecule is CCCCOc1cc(C)ccc1Br. The number of rotatable bonds is 4. The highest BCUT2D eigenvalue weighted by atomic mass is 79.9. The summed E-state index contributed by atoms with van der Waals surface area (Å²) in [6.07, 6.45) is 2.28. The second kappa shape index (κ2) is 5.28. The number of hydrogen-bond acceptors (Lipinski definition) is 1. The van der Waals surface area contributed by atoms with E-state index in [4.69, 9.17) is 4.74 Å². The smallest absolute Gasteiger partial charge is 0.133 e. The molecule has 0 fully saturated rings. The van der Waals surface area contributed by atoms with Gasteiger partial charge in [-0.2, -0.15) is 0 Å². The molecule has 0 amide bonds. The van der Waals surface area contributed by atoms with Crippen LogP contribution in [0.1, 0.15) is 25.3 Å². The molecule has 0 aliphatic heterocycles. The Bertz CT molecular complexity index is 271. The van der Waals surface area contributed by atoms with Gasteiger partial charge in [0.2, 0.25) is 0 Å². The standard InChI is InChI=1S/C11H15BrO/c1-3-4-7-13-11-8-9(2)5-6-10(11)12/h5-6,8H,3-4,7H2,1-2H3. The zero-order chi connectivity index (χ0) is 9.68. The minimum absolute atomic E-state index is 0.804. The maximum Gasteiger partial charge on any atom is 0.133 e. The largest absolute Gasteiger partial charge is 0.492 e. The summed E-state index contributed by atoms with van der Waals surface area (Å²) in [5, 5.41) is 0. The van der Waals surface area contributed by atoms with Gasteiger partial charge < -0.3 is 4.74 Å². The molecule has 1 aromatic carbocycles. The van der Waals surface area contributed by atoms with Crippen molar-refractivity contribution in [2.24, 2.45) is 0 Å². The van der Waals surface area contributed by atoms with Crippen LogP contribution in [0, 0.1) is 6.92 Å². The van der Waals surface area contributed by atoms with Gasteiger partial charge in [-0.1, -0.05) is 19.4 Å². The predicted octanol–water partition coefficient (Wildman–Crippen LogP) is 3.94. The molecule has 0 heterocycles. The summed E-state index contributed by atoms with van der Waals surface area (Å²) in [5.41, 5.74) is 1.23. The summed E-state index contributed by atoms with van der Waals surface area (Å²) in [5.74, 6) is 0.952. The van der Waals surface area contributed by atoms with Crippen LogP contribution in [0.2, 0.25) is 0 Å². The average Bonchev–Trinajstić information content (AvgIpc) is 2.11. The Morgan fingerprint density at radius 1 is 1.38 bits per heavy atom. The van der Waals surface area contributed by atoms with Crippen molar-refractivity contribution in [3.8, 4) is 5.75 Å². The van der Waals surface area contributed by atoms with Gasteiger partial charge in [0.15, 0.2) is 0 Å². The molecule has 1 rings (SSSR count). The Labute approximate surface area is 88.2 Å². The molecule has 1 aromatic rings. The molecule has 0 bridgehead atoms. The maximum atomic E-state index is 5.61. The number of hydrogen-bond donors (Lipinski definition) is 0. The Morgan fingerprint density at radius 2 is 2.15 bits per heavy atom. The van der Waals surface area contributed by atoms with Crippen LogP contribution in [-0.4, -0.2) is 6.61 Å². The second-order valence-corrected chi connectivity index (χ2v) is 3.99. The molecular formula is C11H15BrO. The van der Waals surface area contributed by atoms with Crippen LogP contribution in [0.15, 0.2) is 22.7 Å². The van der Waals surface area contributed by atoms with E-state index in [1.165, 1.54) is 12.0 Å². The highest BCUT2D eigenvalue weighted by Crippen LogP contribution is 2.25. The molecule has 0 aliphatic carbocycles. The Kier molecular flexibility index (Phi) is 4.29. The van der Waals surface area contributed by atoms with Crippen molar-refractivity contribution >= 4 is 15.9 Å². The van der Waals surface area contributed by atoms with Gasteiger partial charge >= 0.3 is 0 Å². The van der Waals surface area contributed by atoms with Gasteiger partial charge in [-0.3, -0.25) is 0 Å². The summed E-state index contributed by atoms with van der Waals surface area (Å²) >= 11 is 3.46. The molecule has 0 atom stereocenters. The minimum Gasteiger partial charge on any atom is -0.492 e. The molecule has 0 spiro atoms. The van der Waals surface area contributed by atoms with Gasteiger partial charge in [0.1, 0.15) is 5.75 Å². The fourth-order valence-electron chi connectivity index (χ4n) is 1.05. The third-order valence-electron chi connectivity index (χ3n) is 1.84. The van der Waals surface area contributed by atoms with E-state index in [0.717, 1.165) is 23.2 Å². The number of ether oxygens (including phenoxy) is 1. The number of halogens is 1. The van der Waals surface area contributed by atoms with E-state index in [9.17, 15) is 0 Å². The monoisotopic (exact) mass is 242 g/mol. The molecule has 0 saturated heterocycles. The molecule has 72 valence electrons. The van der Waals surface area contributed by atoms with E-state index >= 15 is 0 Å². The topological polar surface area (TPSA) is 9.23 Å². The van der Waals surface area contributed by atoms with E-state index in [1.54, 1.807) is 0 Å². The van der Waals surface area contributed by atoms with E-state index in [1.807, 2.05) is 6.07 Å². The highest BCUT2D eigenvalue weighted by Gasteiger charge is 1.99. The van der Waals surface area contributed by atoms with Crippen molar-refractivity contribution in [1.29, 1.82) is 0 Å². The Morgan fingerprint density at radius 3 is 2.85 bits per heavy atom. The summed E-state index contributed by atoms with van der Waals surface area (Å²) < 4.78 is 6.65. The zero-order valence-electron chi connectivity index (χ0n) is 8.14. The van der Waals surface area contributed by atoms with Crippen LogP contribution < -0.4 is 4.74 Å². The van der Waals surface area contributed by atoms with Crippen molar-refractivity contribution in [3.05, 3.63) is 28.2 Å². The van der Waals surface area contributed by atoms with Gasteiger partial charge in [0.05, 0.1) is 11.1 Å². The third kappa shape index (κ3) is 3.39. The summed E-state index contributed by atoms with van der Waals surface area (Å²) in [6.45, 7) is 5.03. The summed E-state index contributed by atoms with van der Waals surface area (Å²) in [7, 11) is 0. The van der Waals surface area contributed by atoms with Crippen LogP contribution in [0.5, 0.6) is 5.75 Å². The Balaban J connectivity index is 2.59. The quantitative estimate of drug-likeness (QED) is 0.728. The number of benzene rings is 1. The van der Waals surface area contributed by atoms with Gasteiger partial charge in [-0.25, -0.2) is 0 Å². The molecule has 0 aliphatic rings. The molecular weight excluding hydrogens is 228 g/mol. The molecule has 0 aromatic heterocycles. The number of aryl methyl sites for hydroxylation is 1.